The first-order valence-corrected chi connectivity index (χ1v) is 8.94. The van der Waals surface area contributed by atoms with Gasteiger partial charge in [0.25, 0.3) is 0 Å². The van der Waals surface area contributed by atoms with Gasteiger partial charge in [-0.3, -0.25) is 10.1 Å². The molecule has 0 aromatic heterocycles. The van der Waals surface area contributed by atoms with E-state index >= 15 is 0 Å². The summed E-state index contributed by atoms with van der Waals surface area (Å²) < 4.78 is 0. The van der Waals surface area contributed by atoms with Crippen molar-refractivity contribution in [3.8, 4) is 5.75 Å². The first-order valence-electron chi connectivity index (χ1n) is 7.89. The van der Waals surface area contributed by atoms with Crippen LogP contribution in [0.3, 0.4) is 0 Å². The number of hydrogen-bond donors (Lipinski definition) is 3. The number of carboxylic acid groups (broad SMARTS) is 1. The van der Waals surface area contributed by atoms with Crippen LogP contribution in [0.1, 0.15) is 63.6 Å². The fourth-order valence-corrected chi connectivity index (χ4v) is 3.97. The zero-order chi connectivity index (χ0) is 17.6. The largest absolute Gasteiger partial charge is 0.507 e. The summed E-state index contributed by atoms with van der Waals surface area (Å²) in [5.41, 5.74) is 2.47. The minimum atomic E-state index is -0.814. The van der Waals surface area contributed by atoms with E-state index in [0.29, 0.717) is 11.5 Å². The molecule has 23 heavy (non-hydrogen) atoms. The average molecular weight is 337 g/mol. The van der Waals surface area contributed by atoms with E-state index < -0.39 is 12.0 Å². The van der Waals surface area contributed by atoms with Gasteiger partial charge < -0.3 is 10.2 Å². The lowest BCUT2D eigenvalue weighted by molar-refractivity contribution is -0.138. The van der Waals surface area contributed by atoms with Gasteiger partial charge in [-0.15, -0.1) is 11.8 Å². The Kier molecular flexibility index (Phi) is 4.75. The minimum Gasteiger partial charge on any atom is -0.507 e. The van der Waals surface area contributed by atoms with Crippen LogP contribution in [0.25, 0.3) is 0 Å². The minimum absolute atomic E-state index is 0.0566. The highest BCUT2D eigenvalue weighted by atomic mass is 32.2. The van der Waals surface area contributed by atoms with Crippen LogP contribution < -0.4 is 5.32 Å². The molecule has 0 bridgehead atoms. The van der Waals surface area contributed by atoms with Crippen LogP contribution in [0.5, 0.6) is 5.75 Å². The normalized spacial score (nSPS) is 22.3. The van der Waals surface area contributed by atoms with Crippen molar-refractivity contribution < 1.29 is 15.0 Å². The third-order valence-corrected chi connectivity index (χ3v) is 5.40. The predicted molar refractivity (Wildman–Crippen MR) is 95.3 cm³/mol. The molecule has 5 heteroatoms. The van der Waals surface area contributed by atoms with Gasteiger partial charge in [0.05, 0.1) is 5.37 Å². The number of phenolic OH excluding ortho intramolecular Hbond substituents is 1. The van der Waals surface area contributed by atoms with E-state index in [1.54, 1.807) is 11.8 Å². The summed E-state index contributed by atoms with van der Waals surface area (Å²) in [6.45, 7) is 12.5. The van der Waals surface area contributed by atoms with Crippen molar-refractivity contribution in [1.29, 1.82) is 0 Å². The molecule has 0 amide bonds. The van der Waals surface area contributed by atoms with E-state index in [2.05, 4.69) is 46.9 Å². The van der Waals surface area contributed by atoms with Gasteiger partial charge in [0, 0.05) is 5.75 Å². The Morgan fingerprint density at radius 2 is 1.61 bits per heavy atom. The molecular formula is C18H27NO3S. The topological polar surface area (TPSA) is 69.6 Å². The molecule has 1 fully saturated rings. The van der Waals surface area contributed by atoms with Crippen molar-refractivity contribution in [3.05, 3.63) is 28.8 Å². The summed E-state index contributed by atoms with van der Waals surface area (Å²) in [6.07, 6.45) is 0. The fraction of sp³-hybridized carbons (Fsp3) is 0.611. The molecule has 1 saturated heterocycles. The molecule has 0 saturated carbocycles. The van der Waals surface area contributed by atoms with Gasteiger partial charge >= 0.3 is 5.97 Å². The van der Waals surface area contributed by atoms with E-state index in [0.717, 1.165) is 16.7 Å². The molecule has 2 atom stereocenters. The average Bonchev–Trinajstić information content (AvgIpc) is 2.85. The van der Waals surface area contributed by atoms with Crippen LogP contribution in [0.2, 0.25) is 0 Å². The smallest absolute Gasteiger partial charge is 0.321 e. The number of carbonyl (C=O) groups is 1. The lowest BCUT2D eigenvalue weighted by atomic mass is 9.78. The molecule has 1 aliphatic heterocycles. The van der Waals surface area contributed by atoms with Gasteiger partial charge in [-0.2, -0.15) is 0 Å². The number of aliphatic carboxylic acids is 1. The first kappa shape index (κ1) is 18.1. The summed E-state index contributed by atoms with van der Waals surface area (Å²) in [6, 6.07) is 3.51. The number of nitrogens with one attached hydrogen (secondary N) is 1. The fourth-order valence-electron chi connectivity index (χ4n) is 2.76. The number of rotatable bonds is 2. The van der Waals surface area contributed by atoms with Crippen molar-refractivity contribution in [2.24, 2.45) is 0 Å². The number of benzene rings is 1. The zero-order valence-electron chi connectivity index (χ0n) is 14.7. The van der Waals surface area contributed by atoms with Gasteiger partial charge in [0.1, 0.15) is 11.8 Å². The van der Waals surface area contributed by atoms with Gasteiger partial charge in [0.15, 0.2) is 0 Å². The van der Waals surface area contributed by atoms with Crippen molar-refractivity contribution in [3.63, 3.8) is 0 Å². The van der Waals surface area contributed by atoms with E-state index in [1.165, 1.54) is 0 Å². The highest BCUT2D eigenvalue weighted by molar-refractivity contribution is 7.99. The van der Waals surface area contributed by atoms with Gasteiger partial charge in [-0.25, -0.2) is 0 Å². The van der Waals surface area contributed by atoms with Crippen LogP contribution in [0.4, 0.5) is 0 Å². The highest BCUT2D eigenvalue weighted by Crippen LogP contribution is 2.43. The third-order valence-electron chi connectivity index (χ3n) is 4.13. The number of carboxylic acids is 1. The van der Waals surface area contributed by atoms with E-state index in [-0.39, 0.29) is 16.2 Å². The number of aromatic hydroxyl groups is 1. The molecule has 1 aromatic carbocycles. The summed E-state index contributed by atoms with van der Waals surface area (Å²) in [4.78, 5) is 11.2. The maximum Gasteiger partial charge on any atom is 0.321 e. The molecule has 0 radical (unpaired) electrons. The van der Waals surface area contributed by atoms with Gasteiger partial charge in [-0.1, -0.05) is 41.5 Å². The molecule has 0 spiro atoms. The Hall–Kier alpha value is -1.20. The van der Waals surface area contributed by atoms with Crippen LogP contribution >= 0.6 is 11.8 Å². The molecule has 4 nitrogen and oxygen atoms in total. The van der Waals surface area contributed by atoms with Crippen LogP contribution in [-0.4, -0.2) is 28.0 Å². The zero-order valence-corrected chi connectivity index (χ0v) is 15.5. The van der Waals surface area contributed by atoms with E-state index in [1.807, 2.05) is 12.1 Å². The number of hydrogen-bond acceptors (Lipinski definition) is 4. The van der Waals surface area contributed by atoms with Crippen molar-refractivity contribution in [1.82, 2.24) is 5.32 Å². The number of thioether (sulfide) groups is 1. The Morgan fingerprint density at radius 3 is 1.96 bits per heavy atom. The second-order valence-corrected chi connectivity index (χ2v) is 9.37. The van der Waals surface area contributed by atoms with Crippen LogP contribution in [0.15, 0.2) is 12.1 Å². The predicted octanol–water partition coefficient (Wildman–Crippen LogP) is 3.78. The molecule has 1 heterocycles. The van der Waals surface area contributed by atoms with Gasteiger partial charge in [0.2, 0.25) is 0 Å². The monoisotopic (exact) mass is 337 g/mol. The maximum atomic E-state index is 11.2. The summed E-state index contributed by atoms with van der Waals surface area (Å²) in [5.74, 6) is 0.0914. The first-order chi connectivity index (χ1) is 10.4. The summed E-state index contributed by atoms with van der Waals surface area (Å²) in [5, 5.41) is 23.0. The maximum absolute atomic E-state index is 11.2. The van der Waals surface area contributed by atoms with Gasteiger partial charge in [-0.05, 0) is 39.7 Å². The molecule has 1 aliphatic rings. The summed E-state index contributed by atoms with van der Waals surface area (Å²) in [7, 11) is 0. The standard InChI is InChI=1S/C18H27NO3S/c1-17(2,3)11-7-10(8-12(14(11)20)18(4,5)6)15-19-13(9-23-15)16(21)22/h7-8,13,15,19-20H,9H2,1-6H3,(H,21,22)/t13-,15+/m0/s1. The van der Waals surface area contributed by atoms with Crippen LogP contribution in [-0.2, 0) is 15.6 Å². The molecular weight excluding hydrogens is 310 g/mol. The Bertz CT molecular complexity index is 579. The Morgan fingerprint density at radius 1 is 1.13 bits per heavy atom. The number of phenols is 1. The van der Waals surface area contributed by atoms with Crippen molar-refractivity contribution in [2.45, 2.75) is 63.8 Å². The highest BCUT2D eigenvalue weighted by Gasteiger charge is 2.33. The second-order valence-electron chi connectivity index (χ2n) is 8.24. The second kappa shape index (κ2) is 6.02. The molecule has 3 N–H and O–H groups in total. The SMILES string of the molecule is CC(C)(C)c1cc([C@@H]2N[C@H](C(=O)O)CS2)cc(C(C)(C)C)c1O. The van der Waals surface area contributed by atoms with E-state index in [9.17, 15) is 15.0 Å². The molecule has 1 aromatic rings. The lowest BCUT2D eigenvalue weighted by Gasteiger charge is -2.29. The van der Waals surface area contributed by atoms with Crippen molar-refractivity contribution >= 4 is 17.7 Å². The third kappa shape index (κ3) is 3.83. The molecule has 0 unspecified atom stereocenters. The lowest BCUT2D eigenvalue weighted by Crippen LogP contribution is -2.33. The summed E-state index contributed by atoms with van der Waals surface area (Å²) >= 11 is 1.60. The van der Waals surface area contributed by atoms with Crippen molar-refractivity contribution in [2.75, 3.05) is 5.75 Å². The van der Waals surface area contributed by atoms with E-state index in [4.69, 9.17) is 0 Å². The molecule has 0 aliphatic carbocycles. The quantitative estimate of drug-likeness (QED) is 0.766. The molecule has 2 rings (SSSR count). The Balaban J connectivity index is 2.51. The van der Waals surface area contributed by atoms with Crippen LogP contribution in [0, 0.1) is 0 Å². The Labute approximate surface area is 142 Å². The molecule has 128 valence electrons.